The van der Waals surface area contributed by atoms with Crippen molar-refractivity contribution in [3.05, 3.63) is 43.5 Å². The summed E-state index contributed by atoms with van der Waals surface area (Å²) in [5.41, 5.74) is -0.441. The maximum Gasteiger partial charge on any atom is 0.217 e. The van der Waals surface area contributed by atoms with Crippen LogP contribution in [-0.4, -0.2) is 0 Å². The molecule has 1 rings (SSSR count). The second kappa shape index (κ2) is 3.44. The summed E-state index contributed by atoms with van der Waals surface area (Å²) in [6.45, 7) is 0. The molecule has 0 bridgehead atoms. The predicted molar refractivity (Wildman–Crippen MR) is 47.7 cm³/mol. The molecule has 0 saturated heterocycles. The predicted octanol–water partition coefficient (Wildman–Crippen LogP) is 3.01. The molecule has 0 aliphatic carbocycles. The Labute approximate surface area is 78.5 Å². The Balaban J connectivity index is 3.62. The summed E-state index contributed by atoms with van der Waals surface area (Å²) in [5, 5.41) is 0.243. The van der Waals surface area contributed by atoms with Crippen molar-refractivity contribution < 1.29 is 0 Å². The number of hydrogen-bond acceptors (Lipinski definition) is 1. The molecule has 0 aromatic heterocycles. The summed E-state index contributed by atoms with van der Waals surface area (Å²) >= 11 is 16.6. The van der Waals surface area contributed by atoms with Crippen molar-refractivity contribution in [3.8, 4) is 0 Å². The highest BCUT2D eigenvalue weighted by molar-refractivity contribution is 6.42. The van der Waals surface area contributed by atoms with E-state index < -0.39 is 5.43 Å². The van der Waals surface area contributed by atoms with E-state index in [2.05, 4.69) is 0 Å². The standard InChI is InChI=1S/C7H3Cl3O/c8-4-2-1-3-5(9)7(11)6(4)10/h1-3H. The van der Waals surface area contributed by atoms with Crippen LogP contribution in [0.4, 0.5) is 0 Å². The van der Waals surface area contributed by atoms with Gasteiger partial charge in [0.2, 0.25) is 5.43 Å². The molecule has 0 amide bonds. The van der Waals surface area contributed by atoms with Crippen LogP contribution in [0, 0.1) is 0 Å². The average molecular weight is 209 g/mol. The van der Waals surface area contributed by atoms with Gasteiger partial charge in [0.15, 0.2) is 0 Å². The molecule has 0 radical (unpaired) electrons. The molecule has 0 heterocycles. The SMILES string of the molecule is O=c1c(Cl)cccc(Cl)c1Cl. The lowest BCUT2D eigenvalue weighted by molar-refractivity contribution is 1.67. The molecule has 1 nitrogen and oxygen atoms in total. The second-order valence-electron chi connectivity index (χ2n) is 1.86. The van der Waals surface area contributed by atoms with E-state index in [9.17, 15) is 4.79 Å². The van der Waals surface area contributed by atoms with Crippen molar-refractivity contribution in [1.82, 2.24) is 0 Å². The van der Waals surface area contributed by atoms with Gasteiger partial charge in [-0.05, 0) is 12.1 Å². The Bertz CT molecular complexity index is 335. The third kappa shape index (κ3) is 1.86. The van der Waals surface area contributed by atoms with Crippen LogP contribution in [0.5, 0.6) is 0 Å². The molecule has 0 unspecified atom stereocenters. The van der Waals surface area contributed by atoms with Crippen LogP contribution in [0.25, 0.3) is 0 Å². The molecular weight excluding hydrogens is 206 g/mol. The van der Waals surface area contributed by atoms with Gasteiger partial charge in [-0.3, -0.25) is 4.79 Å². The molecule has 11 heavy (non-hydrogen) atoms. The molecule has 1 aromatic carbocycles. The monoisotopic (exact) mass is 208 g/mol. The Morgan fingerprint density at radius 3 is 2.18 bits per heavy atom. The van der Waals surface area contributed by atoms with E-state index in [1.807, 2.05) is 0 Å². The normalized spacial score (nSPS) is 9.73. The zero-order valence-electron chi connectivity index (χ0n) is 5.27. The van der Waals surface area contributed by atoms with E-state index in [-0.39, 0.29) is 15.1 Å². The fourth-order valence-corrected chi connectivity index (χ4v) is 1.12. The molecule has 0 aliphatic rings. The molecule has 0 N–H and O–H groups in total. The zero-order valence-corrected chi connectivity index (χ0v) is 7.54. The third-order valence-electron chi connectivity index (χ3n) is 1.11. The maximum absolute atomic E-state index is 11.0. The maximum atomic E-state index is 11.0. The molecule has 0 aliphatic heterocycles. The van der Waals surface area contributed by atoms with Crippen LogP contribution < -0.4 is 5.43 Å². The van der Waals surface area contributed by atoms with E-state index in [1.54, 1.807) is 6.07 Å². The first-order chi connectivity index (χ1) is 5.13. The second-order valence-corrected chi connectivity index (χ2v) is 3.06. The van der Waals surface area contributed by atoms with Crippen molar-refractivity contribution in [1.29, 1.82) is 0 Å². The van der Waals surface area contributed by atoms with Crippen molar-refractivity contribution >= 4 is 34.8 Å². The van der Waals surface area contributed by atoms with Crippen LogP contribution >= 0.6 is 34.8 Å². The Kier molecular flexibility index (Phi) is 2.77. The summed E-state index contributed by atoms with van der Waals surface area (Å²) < 4.78 is 0. The van der Waals surface area contributed by atoms with E-state index in [1.165, 1.54) is 12.1 Å². The first-order valence-corrected chi connectivity index (χ1v) is 3.90. The minimum atomic E-state index is -0.441. The highest BCUT2D eigenvalue weighted by Crippen LogP contribution is 2.17. The lowest BCUT2D eigenvalue weighted by Crippen LogP contribution is -1.97. The molecule has 0 fully saturated rings. The zero-order chi connectivity index (χ0) is 8.43. The number of halogens is 3. The first-order valence-electron chi connectivity index (χ1n) is 2.77. The van der Waals surface area contributed by atoms with Gasteiger partial charge in [-0.1, -0.05) is 40.9 Å². The minimum absolute atomic E-state index is 0.0401. The molecule has 0 spiro atoms. The van der Waals surface area contributed by atoms with Crippen molar-refractivity contribution in [2.24, 2.45) is 0 Å². The van der Waals surface area contributed by atoms with Crippen LogP contribution in [0.2, 0.25) is 15.1 Å². The van der Waals surface area contributed by atoms with Crippen LogP contribution in [0.15, 0.2) is 23.0 Å². The van der Waals surface area contributed by atoms with E-state index >= 15 is 0 Å². The summed E-state index contributed by atoms with van der Waals surface area (Å²) in [6, 6.07) is 4.52. The van der Waals surface area contributed by atoms with Gasteiger partial charge in [0.25, 0.3) is 0 Å². The van der Waals surface area contributed by atoms with Crippen molar-refractivity contribution in [2.45, 2.75) is 0 Å². The highest BCUT2D eigenvalue weighted by atomic mass is 35.5. The van der Waals surface area contributed by atoms with Gasteiger partial charge in [-0.2, -0.15) is 0 Å². The topological polar surface area (TPSA) is 17.1 Å². The van der Waals surface area contributed by atoms with Crippen molar-refractivity contribution in [2.75, 3.05) is 0 Å². The lowest BCUT2D eigenvalue weighted by atomic mass is 10.5. The van der Waals surface area contributed by atoms with Gasteiger partial charge in [-0.25, -0.2) is 0 Å². The Hall–Kier alpha value is -0.240. The Morgan fingerprint density at radius 2 is 1.55 bits per heavy atom. The highest BCUT2D eigenvalue weighted by Gasteiger charge is 2.02. The quantitative estimate of drug-likeness (QED) is 0.642. The van der Waals surface area contributed by atoms with Crippen LogP contribution in [-0.2, 0) is 0 Å². The fourth-order valence-electron chi connectivity index (χ4n) is 0.579. The Morgan fingerprint density at radius 1 is 1.00 bits per heavy atom. The molecule has 1 aromatic rings. The summed E-state index contributed by atoms with van der Waals surface area (Å²) in [5.74, 6) is 0. The summed E-state index contributed by atoms with van der Waals surface area (Å²) in [6.07, 6.45) is 0. The van der Waals surface area contributed by atoms with Crippen LogP contribution in [0.1, 0.15) is 0 Å². The molecule has 58 valence electrons. The van der Waals surface area contributed by atoms with E-state index in [0.29, 0.717) is 0 Å². The fraction of sp³-hybridized carbons (Fsp3) is 0. The largest absolute Gasteiger partial charge is 0.287 e. The number of rotatable bonds is 0. The van der Waals surface area contributed by atoms with Gasteiger partial charge >= 0.3 is 0 Å². The molecule has 0 atom stereocenters. The minimum Gasteiger partial charge on any atom is -0.287 e. The van der Waals surface area contributed by atoms with Crippen LogP contribution in [0.3, 0.4) is 0 Å². The number of hydrogen-bond donors (Lipinski definition) is 0. The molecular formula is C7H3Cl3O. The van der Waals surface area contributed by atoms with Gasteiger partial charge < -0.3 is 0 Å². The van der Waals surface area contributed by atoms with E-state index in [4.69, 9.17) is 34.8 Å². The van der Waals surface area contributed by atoms with Crippen molar-refractivity contribution in [3.63, 3.8) is 0 Å². The van der Waals surface area contributed by atoms with Gasteiger partial charge in [0.1, 0.15) is 5.02 Å². The van der Waals surface area contributed by atoms with E-state index in [0.717, 1.165) is 0 Å². The molecule has 0 saturated carbocycles. The smallest absolute Gasteiger partial charge is 0.217 e. The van der Waals surface area contributed by atoms with Gasteiger partial charge in [0.05, 0.1) is 10.0 Å². The third-order valence-corrected chi connectivity index (χ3v) is 2.20. The lowest BCUT2D eigenvalue weighted by Gasteiger charge is -1.83. The summed E-state index contributed by atoms with van der Waals surface area (Å²) in [4.78, 5) is 11.0. The van der Waals surface area contributed by atoms with Gasteiger partial charge in [-0.15, -0.1) is 0 Å². The summed E-state index contributed by atoms with van der Waals surface area (Å²) in [7, 11) is 0. The molecule has 4 heteroatoms. The first kappa shape index (κ1) is 8.85. The van der Waals surface area contributed by atoms with Gasteiger partial charge in [0, 0.05) is 0 Å². The average Bonchev–Trinajstić information content (AvgIpc) is 2.07.